The third kappa shape index (κ3) is 2.86. The highest BCUT2D eigenvalue weighted by atomic mass is 16.3. The van der Waals surface area contributed by atoms with Gasteiger partial charge in [-0.05, 0) is 38.2 Å². The first kappa shape index (κ1) is 13.4. The Bertz CT molecular complexity index is 373. The molecule has 0 radical (unpaired) electrons. The SMILES string of the molecule is CCC(O)c1ccccc1N(CC)CC1CCC1. The molecule has 0 spiro atoms. The molecular weight excluding hydrogens is 222 g/mol. The average molecular weight is 247 g/mol. The van der Waals surface area contributed by atoms with Gasteiger partial charge in [0.15, 0.2) is 0 Å². The lowest BCUT2D eigenvalue weighted by Gasteiger charge is -2.34. The fraction of sp³-hybridized carbons (Fsp3) is 0.625. The van der Waals surface area contributed by atoms with Gasteiger partial charge in [-0.25, -0.2) is 0 Å². The predicted octanol–water partition coefficient (Wildman–Crippen LogP) is 3.76. The molecule has 1 fully saturated rings. The van der Waals surface area contributed by atoms with Crippen molar-refractivity contribution in [1.29, 1.82) is 0 Å². The number of aliphatic hydroxyl groups excluding tert-OH is 1. The maximum atomic E-state index is 10.1. The molecule has 1 aromatic rings. The summed E-state index contributed by atoms with van der Waals surface area (Å²) in [6.07, 6.45) is 4.57. The van der Waals surface area contributed by atoms with Gasteiger partial charge in [-0.15, -0.1) is 0 Å². The van der Waals surface area contributed by atoms with Gasteiger partial charge in [-0.2, -0.15) is 0 Å². The number of hydrogen-bond donors (Lipinski definition) is 1. The van der Waals surface area contributed by atoms with Crippen molar-refractivity contribution < 1.29 is 5.11 Å². The number of para-hydroxylation sites is 1. The zero-order chi connectivity index (χ0) is 13.0. The molecule has 100 valence electrons. The molecule has 1 aliphatic rings. The van der Waals surface area contributed by atoms with Crippen LogP contribution in [-0.4, -0.2) is 18.2 Å². The Morgan fingerprint density at radius 1 is 1.28 bits per heavy atom. The molecule has 1 atom stereocenters. The molecule has 1 N–H and O–H groups in total. The highest BCUT2D eigenvalue weighted by Gasteiger charge is 2.22. The molecule has 18 heavy (non-hydrogen) atoms. The molecule has 2 rings (SSSR count). The van der Waals surface area contributed by atoms with Gasteiger partial charge in [0.05, 0.1) is 6.10 Å². The predicted molar refractivity (Wildman–Crippen MR) is 76.9 cm³/mol. The van der Waals surface area contributed by atoms with Crippen LogP contribution in [0.1, 0.15) is 51.2 Å². The topological polar surface area (TPSA) is 23.5 Å². The Kier molecular flexibility index (Phi) is 4.65. The second-order valence-corrected chi connectivity index (χ2v) is 5.32. The first-order valence-corrected chi connectivity index (χ1v) is 7.28. The number of aliphatic hydroxyl groups is 1. The molecule has 0 amide bonds. The fourth-order valence-electron chi connectivity index (χ4n) is 2.66. The van der Waals surface area contributed by atoms with E-state index in [-0.39, 0.29) is 6.10 Å². The van der Waals surface area contributed by atoms with Gasteiger partial charge in [-0.3, -0.25) is 0 Å². The molecule has 1 unspecified atom stereocenters. The number of rotatable bonds is 6. The molecule has 0 saturated heterocycles. The molecular formula is C16H25NO. The summed E-state index contributed by atoms with van der Waals surface area (Å²) >= 11 is 0. The fourth-order valence-corrected chi connectivity index (χ4v) is 2.66. The van der Waals surface area contributed by atoms with Gasteiger partial charge in [0, 0.05) is 24.3 Å². The van der Waals surface area contributed by atoms with Crippen LogP contribution in [0, 0.1) is 5.92 Å². The van der Waals surface area contributed by atoms with E-state index in [9.17, 15) is 5.11 Å². The smallest absolute Gasteiger partial charge is 0.0807 e. The van der Waals surface area contributed by atoms with E-state index in [1.165, 1.54) is 24.9 Å². The van der Waals surface area contributed by atoms with Crippen LogP contribution in [0.3, 0.4) is 0 Å². The molecule has 0 aliphatic heterocycles. The van der Waals surface area contributed by atoms with Crippen LogP contribution in [0.15, 0.2) is 24.3 Å². The Morgan fingerprint density at radius 2 is 2.00 bits per heavy atom. The molecule has 1 aromatic carbocycles. The first-order valence-electron chi connectivity index (χ1n) is 7.28. The van der Waals surface area contributed by atoms with Crippen LogP contribution in [0.2, 0.25) is 0 Å². The first-order chi connectivity index (χ1) is 8.76. The second-order valence-electron chi connectivity index (χ2n) is 5.32. The number of hydrogen-bond acceptors (Lipinski definition) is 2. The third-order valence-electron chi connectivity index (χ3n) is 4.11. The van der Waals surface area contributed by atoms with Gasteiger partial charge < -0.3 is 10.0 Å². The molecule has 2 heteroatoms. The van der Waals surface area contributed by atoms with Crippen molar-refractivity contribution in [2.24, 2.45) is 5.92 Å². The lowest BCUT2D eigenvalue weighted by atomic mass is 9.85. The van der Waals surface area contributed by atoms with Crippen molar-refractivity contribution >= 4 is 5.69 Å². The van der Waals surface area contributed by atoms with E-state index >= 15 is 0 Å². The van der Waals surface area contributed by atoms with E-state index in [1.807, 2.05) is 13.0 Å². The van der Waals surface area contributed by atoms with Crippen molar-refractivity contribution in [3.63, 3.8) is 0 Å². The van der Waals surface area contributed by atoms with Crippen molar-refractivity contribution in [3.8, 4) is 0 Å². The summed E-state index contributed by atoms with van der Waals surface area (Å²) in [5.74, 6) is 0.858. The summed E-state index contributed by atoms with van der Waals surface area (Å²) in [7, 11) is 0. The Labute approximate surface area is 111 Å². The van der Waals surface area contributed by atoms with E-state index < -0.39 is 0 Å². The lowest BCUT2D eigenvalue weighted by Crippen LogP contribution is -2.33. The maximum absolute atomic E-state index is 10.1. The van der Waals surface area contributed by atoms with Gasteiger partial charge in [0.2, 0.25) is 0 Å². The molecule has 2 nitrogen and oxygen atoms in total. The van der Waals surface area contributed by atoms with E-state index in [4.69, 9.17) is 0 Å². The maximum Gasteiger partial charge on any atom is 0.0807 e. The van der Waals surface area contributed by atoms with Gasteiger partial charge >= 0.3 is 0 Å². The van der Waals surface area contributed by atoms with E-state index in [0.29, 0.717) is 0 Å². The number of nitrogens with zero attached hydrogens (tertiary/aromatic N) is 1. The molecule has 0 aromatic heterocycles. The highest BCUT2D eigenvalue weighted by molar-refractivity contribution is 5.54. The summed E-state index contributed by atoms with van der Waals surface area (Å²) < 4.78 is 0. The zero-order valence-electron chi connectivity index (χ0n) is 11.6. The summed E-state index contributed by atoms with van der Waals surface area (Å²) in [6, 6.07) is 8.31. The average Bonchev–Trinajstić information content (AvgIpc) is 2.37. The second kappa shape index (κ2) is 6.24. The number of anilines is 1. The summed E-state index contributed by atoms with van der Waals surface area (Å²) in [5, 5.41) is 10.1. The van der Waals surface area contributed by atoms with Crippen molar-refractivity contribution in [1.82, 2.24) is 0 Å². The van der Waals surface area contributed by atoms with Crippen LogP contribution >= 0.6 is 0 Å². The van der Waals surface area contributed by atoms with Crippen LogP contribution in [0.5, 0.6) is 0 Å². The van der Waals surface area contributed by atoms with Gasteiger partial charge in [0.25, 0.3) is 0 Å². The van der Waals surface area contributed by atoms with E-state index in [2.05, 4.69) is 30.0 Å². The van der Waals surface area contributed by atoms with Crippen LogP contribution in [-0.2, 0) is 0 Å². The largest absolute Gasteiger partial charge is 0.388 e. The Hall–Kier alpha value is -1.02. The third-order valence-corrected chi connectivity index (χ3v) is 4.11. The van der Waals surface area contributed by atoms with Crippen molar-refractivity contribution in [3.05, 3.63) is 29.8 Å². The molecule has 1 saturated carbocycles. The monoisotopic (exact) mass is 247 g/mol. The minimum Gasteiger partial charge on any atom is -0.388 e. The van der Waals surface area contributed by atoms with E-state index in [1.54, 1.807) is 0 Å². The summed E-state index contributed by atoms with van der Waals surface area (Å²) in [4.78, 5) is 2.43. The normalized spacial score (nSPS) is 17.3. The summed E-state index contributed by atoms with van der Waals surface area (Å²) in [5.41, 5.74) is 2.31. The Morgan fingerprint density at radius 3 is 2.56 bits per heavy atom. The lowest BCUT2D eigenvalue weighted by molar-refractivity contribution is 0.174. The van der Waals surface area contributed by atoms with E-state index in [0.717, 1.165) is 31.0 Å². The van der Waals surface area contributed by atoms with Crippen LogP contribution in [0.25, 0.3) is 0 Å². The minimum absolute atomic E-state index is 0.336. The highest BCUT2D eigenvalue weighted by Crippen LogP contribution is 2.32. The quantitative estimate of drug-likeness (QED) is 0.827. The summed E-state index contributed by atoms with van der Waals surface area (Å²) in [6.45, 7) is 6.39. The van der Waals surface area contributed by atoms with Crippen molar-refractivity contribution in [2.45, 2.75) is 45.6 Å². The zero-order valence-corrected chi connectivity index (χ0v) is 11.6. The minimum atomic E-state index is -0.336. The van der Waals surface area contributed by atoms with Gasteiger partial charge in [0.1, 0.15) is 0 Å². The number of benzene rings is 1. The molecule has 0 bridgehead atoms. The van der Waals surface area contributed by atoms with Gasteiger partial charge in [-0.1, -0.05) is 31.5 Å². The Balaban J connectivity index is 2.17. The standard InChI is InChI=1S/C16H25NO/c1-3-16(18)14-10-5-6-11-15(14)17(4-2)12-13-8-7-9-13/h5-6,10-11,13,16,18H,3-4,7-9,12H2,1-2H3. The van der Waals surface area contributed by atoms with Crippen molar-refractivity contribution in [2.75, 3.05) is 18.0 Å². The van der Waals surface area contributed by atoms with Crippen LogP contribution < -0.4 is 4.90 Å². The molecule has 0 heterocycles. The molecule has 1 aliphatic carbocycles. The van der Waals surface area contributed by atoms with Crippen LogP contribution in [0.4, 0.5) is 5.69 Å².